The average Bonchev–Trinajstić information content (AvgIpc) is 2.76. The summed E-state index contributed by atoms with van der Waals surface area (Å²) in [6.45, 7) is 3.30. The van der Waals surface area contributed by atoms with E-state index in [1.54, 1.807) is 0 Å². The summed E-state index contributed by atoms with van der Waals surface area (Å²) in [5, 5.41) is 2.68. The number of nitrogens with zero attached hydrogens (tertiary/aromatic N) is 1. The molecule has 138 valence electrons. The van der Waals surface area contributed by atoms with E-state index in [9.17, 15) is 0 Å². The molecule has 0 bridgehead atoms. The van der Waals surface area contributed by atoms with E-state index in [1.807, 2.05) is 0 Å². The Kier molecular flexibility index (Phi) is 4.37. The Morgan fingerprint density at radius 1 is 0.750 bits per heavy atom. The standard InChI is InChI=1S/C27H25N/c1-20-18-26(23-13-6-3-7-14-23)28(19-21-10-4-2-5-11-21)27-24(20)17-16-22-12-8-9-15-25(22)27/h2-17,20,26H,18-19H2,1H3/t20-,26-/m1/s1. The van der Waals surface area contributed by atoms with Crippen molar-refractivity contribution in [2.24, 2.45) is 0 Å². The number of hydrogen-bond donors (Lipinski definition) is 0. The lowest BCUT2D eigenvalue weighted by Crippen LogP contribution is -2.34. The second-order valence-electron chi connectivity index (χ2n) is 7.90. The fraction of sp³-hybridized carbons (Fsp3) is 0.185. The van der Waals surface area contributed by atoms with Gasteiger partial charge in [-0.3, -0.25) is 0 Å². The van der Waals surface area contributed by atoms with Crippen molar-refractivity contribution in [3.63, 3.8) is 0 Å². The third kappa shape index (κ3) is 2.97. The van der Waals surface area contributed by atoms with Gasteiger partial charge in [0, 0.05) is 17.6 Å². The van der Waals surface area contributed by atoms with Crippen molar-refractivity contribution in [1.82, 2.24) is 0 Å². The smallest absolute Gasteiger partial charge is 0.0552 e. The van der Waals surface area contributed by atoms with Gasteiger partial charge < -0.3 is 4.90 Å². The Hall–Kier alpha value is -3.06. The molecule has 0 saturated heterocycles. The van der Waals surface area contributed by atoms with Crippen LogP contribution >= 0.6 is 0 Å². The molecular weight excluding hydrogens is 338 g/mol. The SMILES string of the molecule is C[C@@H]1C[C@H](c2ccccc2)N(Cc2ccccc2)c2c1ccc1ccccc21. The molecule has 0 fully saturated rings. The zero-order valence-electron chi connectivity index (χ0n) is 16.3. The molecule has 4 aromatic rings. The van der Waals surface area contributed by atoms with Gasteiger partial charge in [0.15, 0.2) is 0 Å². The third-order valence-corrected chi connectivity index (χ3v) is 6.08. The fourth-order valence-corrected chi connectivity index (χ4v) is 4.70. The highest BCUT2D eigenvalue weighted by molar-refractivity contribution is 5.97. The summed E-state index contributed by atoms with van der Waals surface area (Å²) in [6.07, 6.45) is 1.14. The summed E-state index contributed by atoms with van der Waals surface area (Å²) in [6, 6.07) is 35.7. The lowest BCUT2D eigenvalue weighted by molar-refractivity contribution is 0.496. The van der Waals surface area contributed by atoms with Crippen LogP contribution in [0, 0.1) is 0 Å². The van der Waals surface area contributed by atoms with Crippen LogP contribution in [0.3, 0.4) is 0 Å². The molecule has 1 heteroatoms. The number of rotatable bonds is 3. The summed E-state index contributed by atoms with van der Waals surface area (Å²) in [7, 11) is 0. The number of anilines is 1. The lowest BCUT2D eigenvalue weighted by Gasteiger charge is -2.43. The zero-order chi connectivity index (χ0) is 18.9. The van der Waals surface area contributed by atoms with Crippen LogP contribution in [0.15, 0.2) is 97.1 Å². The van der Waals surface area contributed by atoms with E-state index in [1.165, 1.54) is 33.2 Å². The first-order chi connectivity index (χ1) is 13.8. The first-order valence-electron chi connectivity index (χ1n) is 10.2. The second kappa shape index (κ2) is 7.16. The van der Waals surface area contributed by atoms with Gasteiger partial charge >= 0.3 is 0 Å². The van der Waals surface area contributed by atoms with E-state index in [0.29, 0.717) is 12.0 Å². The predicted molar refractivity (Wildman–Crippen MR) is 119 cm³/mol. The van der Waals surface area contributed by atoms with Crippen LogP contribution in [0.5, 0.6) is 0 Å². The molecular formula is C27H25N. The number of fused-ring (bicyclic) bond motifs is 3. The van der Waals surface area contributed by atoms with E-state index in [0.717, 1.165) is 13.0 Å². The Morgan fingerprint density at radius 3 is 2.21 bits per heavy atom. The van der Waals surface area contributed by atoms with Gasteiger partial charge in [-0.2, -0.15) is 0 Å². The minimum absolute atomic E-state index is 0.384. The van der Waals surface area contributed by atoms with Gasteiger partial charge in [-0.05, 0) is 34.4 Å². The van der Waals surface area contributed by atoms with Gasteiger partial charge in [-0.25, -0.2) is 0 Å². The van der Waals surface area contributed by atoms with Gasteiger partial charge in [0.25, 0.3) is 0 Å². The molecule has 0 spiro atoms. The van der Waals surface area contributed by atoms with Crippen molar-refractivity contribution in [3.05, 3.63) is 114 Å². The Balaban J connectivity index is 1.72. The van der Waals surface area contributed by atoms with Crippen LogP contribution in [0.1, 0.15) is 42.0 Å². The maximum absolute atomic E-state index is 2.64. The molecule has 2 atom stereocenters. The minimum Gasteiger partial charge on any atom is -0.359 e. The maximum Gasteiger partial charge on any atom is 0.0552 e. The molecule has 28 heavy (non-hydrogen) atoms. The largest absolute Gasteiger partial charge is 0.359 e. The minimum atomic E-state index is 0.384. The van der Waals surface area contributed by atoms with Crippen LogP contribution in [0.25, 0.3) is 10.8 Å². The molecule has 1 aliphatic heterocycles. The molecule has 0 unspecified atom stereocenters. The average molecular weight is 364 g/mol. The number of benzene rings is 4. The van der Waals surface area contributed by atoms with Crippen molar-refractivity contribution in [3.8, 4) is 0 Å². The van der Waals surface area contributed by atoms with Crippen molar-refractivity contribution in [2.75, 3.05) is 4.90 Å². The molecule has 4 aromatic carbocycles. The molecule has 0 N–H and O–H groups in total. The molecule has 1 heterocycles. The Bertz CT molecular complexity index is 1080. The number of hydrogen-bond acceptors (Lipinski definition) is 1. The Labute approximate surface area is 167 Å². The van der Waals surface area contributed by atoms with E-state index < -0.39 is 0 Å². The third-order valence-electron chi connectivity index (χ3n) is 6.08. The summed E-state index contributed by atoms with van der Waals surface area (Å²) >= 11 is 0. The highest BCUT2D eigenvalue weighted by atomic mass is 15.2. The normalized spacial score (nSPS) is 18.8. The molecule has 5 rings (SSSR count). The molecule has 0 amide bonds. The van der Waals surface area contributed by atoms with Crippen molar-refractivity contribution >= 4 is 16.5 Å². The van der Waals surface area contributed by atoms with Gasteiger partial charge in [-0.15, -0.1) is 0 Å². The van der Waals surface area contributed by atoms with Crippen LogP contribution in [-0.2, 0) is 6.54 Å². The highest BCUT2D eigenvalue weighted by Crippen LogP contribution is 2.48. The lowest BCUT2D eigenvalue weighted by atomic mass is 9.82. The molecule has 0 aromatic heterocycles. The van der Waals surface area contributed by atoms with E-state index in [4.69, 9.17) is 0 Å². The summed E-state index contributed by atoms with van der Waals surface area (Å²) < 4.78 is 0. The van der Waals surface area contributed by atoms with Crippen molar-refractivity contribution < 1.29 is 0 Å². The molecule has 0 saturated carbocycles. The monoisotopic (exact) mass is 363 g/mol. The quantitative estimate of drug-likeness (QED) is 0.375. The van der Waals surface area contributed by atoms with Gasteiger partial charge in [0.05, 0.1) is 6.04 Å². The first kappa shape index (κ1) is 17.1. The van der Waals surface area contributed by atoms with Crippen LogP contribution in [0.4, 0.5) is 5.69 Å². The van der Waals surface area contributed by atoms with Crippen molar-refractivity contribution in [2.45, 2.75) is 31.8 Å². The highest BCUT2D eigenvalue weighted by Gasteiger charge is 2.32. The topological polar surface area (TPSA) is 3.24 Å². The van der Waals surface area contributed by atoms with E-state index in [-0.39, 0.29) is 0 Å². The molecule has 1 aliphatic rings. The molecule has 0 aliphatic carbocycles. The summed E-state index contributed by atoms with van der Waals surface area (Å²) in [5.74, 6) is 0.539. The molecule has 0 radical (unpaired) electrons. The van der Waals surface area contributed by atoms with E-state index in [2.05, 4.69) is 109 Å². The van der Waals surface area contributed by atoms with Crippen LogP contribution < -0.4 is 4.90 Å². The predicted octanol–water partition coefficient (Wildman–Crippen LogP) is 7.09. The Morgan fingerprint density at radius 2 is 1.43 bits per heavy atom. The summed E-state index contributed by atoms with van der Waals surface area (Å²) in [4.78, 5) is 2.64. The summed E-state index contributed by atoms with van der Waals surface area (Å²) in [5.41, 5.74) is 5.65. The molecule has 1 nitrogen and oxygen atoms in total. The van der Waals surface area contributed by atoms with Gasteiger partial charge in [-0.1, -0.05) is 104 Å². The fourth-order valence-electron chi connectivity index (χ4n) is 4.70. The van der Waals surface area contributed by atoms with Crippen molar-refractivity contribution in [1.29, 1.82) is 0 Å². The second-order valence-corrected chi connectivity index (χ2v) is 7.90. The van der Waals surface area contributed by atoms with Gasteiger partial charge in [0.2, 0.25) is 0 Å². The van der Waals surface area contributed by atoms with Crippen LogP contribution in [0.2, 0.25) is 0 Å². The van der Waals surface area contributed by atoms with Gasteiger partial charge in [0.1, 0.15) is 0 Å². The van der Waals surface area contributed by atoms with Crippen LogP contribution in [-0.4, -0.2) is 0 Å². The zero-order valence-corrected chi connectivity index (χ0v) is 16.3. The maximum atomic E-state index is 2.64. The first-order valence-corrected chi connectivity index (χ1v) is 10.2. The van der Waals surface area contributed by atoms with E-state index >= 15 is 0 Å².